The molecule has 0 aliphatic heterocycles. The van der Waals surface area contributed by atoms with Crippen LogP contribution in [0.25, 0.3) is 22.4 Å². The standard InChI is InChI=1S/C13H12FN5.C2H6/c1-7-4-3-5-8(10(7)14)11-12-13(19-18-11)17-9(15-2)6-16-12;1-2/h3-6H,1-2H3,(H2,15,17,18,19);1-2H3. The van der Waals surface area contributed by atoms with Gasteiger partial charge in [-0.2, -0.15) is 5.10 Å². The van der Waals surface area contributed by atoms with Crippen LogP contribution in [-0.2, 0) is 0 Å². The molecule has 1 aromatic carbocycles. The number of aryl methyl sites for hydroxylation is 1. The second-order valence-electron chi connectivity index (χ2n) is 4.21. The maximum absolute atomic E-state index is 14.1. The maximum Gasteiger partial charge on any atom is 0.202 e. The van der Waals surface area contributed by atoms with Gasteiger partial charge in [0.05, 0.1) is 11.9 Å². The number of anilines is 1. The summed E-state index contributed by atoms with van der Waals surface area (Å²) < 4.78 is 14.1. The van der Waals surface area contributed by atoms with Gasteiger partial charge in [-0.05, 0) is 18.6 Å². The summed E-state index contributed by atoms with van der Waals surface area (Å²) in [5.74, 6) is 0.350. The Morgan fingerprint density at radius 3 is 2.71 bits per heavy atom. The Morgan fingerprint density at radius 1 is 1.24 bits per heavy atom. The first-order valence-corrected chi connectivity index (χ1v) is 6.85. The lowest BCUT2D eigenvalue weighted by Crippen LogP contribution is -1.94. The number of nitrogens with one attached hydrogen (secondary N) is 2. The van der Waals surface area contributed by atoms with Gasteiger partial charge in [-0.15, -0.1) is 0 Å². The number of benzene rings is 1. The van der Waals surface area contributed by atoms with Gasteiger partial charge in [0.15, 0.2) is 0 Å². The molecule has 3 rings (SSSR count). The van der Waals surface area contributed by atoms with Crippen LogP contribution in [0, 0.1) is 12.7 Å². The van der Waals surface area contributed by atoms with Crippen LogP contribution >= 0.6 is 0 Å². The summed E-state index contributed by atoms with van der Waals surface area (Å²) in [4.78, 5) is 8.53. The van der Waals surface area contributed by atoms with Crippen molar-refractivity contribution in [1.82, 2.24) is 20.2 Å². The van der Waals surface area contributed by atoms with Gasteiger partial charge in [0.1, 0.15) is 17.2 Å². The fourth-order valence-corrected chi connectivity index (χ4v) is 1.94. The summed E-state index contributed by atoms with van der Waals surface area (Å²) in [5.41, 5.74) is 2.60. The number of aromatic amines is 1. The zero-order valence-electron chi connectivity index (χ0n) is 12.5. The molecular weight excluding hydrogens is 269 g/mol. The van der Waals surface area contributed by atoms with Gasteiger partial charge in [0.2, 0.25) is 5.65 Å². The Morgan fingerprint density at radius 2 is 2.00 bits per heavy atom. The normalized spacial score (nSPS) is 10.1. The van der Waals surface area contributed by atoms with E-state index in [1.54, 1.807) is 38.4 Å². The molecule has 0 saturated carbocycles. The molecule has 6 heteroatoms. The molecule has 0 aliphatic carbocycles. The van der Waals surface area contributed by atoms with Gasteiger partial charge in [-0.1, -0.05) is 26.0 Å². The lowest BCUT2D eigenvalue weighted by atomic mass is 10.1. The van der Waals surface area contributed by atoms with Crippen LogP contribution in [0.1, 0.15) is 19.4 Å². The van der Waals surface area contributed by atoms with E-state index in [-0.39, 0.29) is 5.82 Å². The molecule has 21 heavy (non-hydrogen) atoms. The molecule has 0 unspecified atom stereocenters. The summed E-state index contributed by atoms with van der Waals surface area (Å²) in [6.45, 7) is 5.72. The summed E-state index contributed by atoms with van der Waals surface area (Å²) in [6, 6.07) is 5.22. The first kappa shape index (κ1) is 14.9. The third kappa shape index (κ3) is 2.69. The van der Waals surface area contributed by atoms with Crippen molar-refractivity contribution in [1.29, 1.82) is 0 Å². The lowest BCUT2D eigenvalue weighted by molar-refractivity contribution is 0.621. The fourth-order valence-electron chi connectivity index (χ4n) is 1.94. The van der Waals surface area contributed by atoms with Crippen LogP contribution in [0.3, 0.4) is 0 Å². The predicted molar refractivity (Wildman–Crippen MR) is 82.7 cm³/mol. The third-order valence-electron chi connectivity index (χ3n) is 2.98. The second kappa shape index (κ2) is 6.30. The van der Waals surface area contributed by atoms with Crippen LogP contribution in [0.4, 0.5) is 10.2 Å². The van der Waals surface area contributed by atoms with Crippen LogP contribution < -0.4 is 5.32 Å². The number of hydrogen-bond donors (Lipinski definition) is 2. The van der Waals surface area contributed by atoms with Gasteiger partial charge in [0.25, 0.3) is 0 Å². The highest BCUT2D eigenvalue weighted by Gasteiger charge is 2.15. The van der Waals surface area contributed by atoms with E-state index in [2.05, 4.69) is 25.5 Å². The molecule has 0 bridgehead atoms. The van der Waals surface area contributed by atoms with E-state index in [1.165, 1.54) is 0 Å². The molecule has 0 atom stereocenters. The van der Waals surface area contributed by atoms with E-state index >= 15 is 0 Å². The molecule has 0 saturated heterocycles. The number of H-pyrrole nitrogens is 1. The molecule has 0 spiro atoms. The minimum absolute atomic E-state index is 0.271. The SMILES string of the molecule is CC.CNc1cnc2c(-c3cccc(C)c3F)[nH]nc2n1. The van der Waals surface area contributed by atoms with Crippen molar-refractivity contribution in [3.63, 3.8) is 0 Å². The molecule has 110 valence electrons. The summed E-state index contributed by atoms with van der Waals surface area (Å²) in [7, 11) is 1.75. The zero-order valence-corrected chi connectivity index (χ0v) is 12.5. The van der Waals surface area contributed by atoms with Gasteiger partial charge >= 0.3 is 0 Å². The monoisotopic (exact) mass is 287 g/mol. The lowest BCUT2D eigenvalue weighted by Gasteiger charge is -2.03. The average Bonchev–Trinajstić information content (AvgIpc) is 2.95. The smallest absolute Gasteiger partial charge is 0.202 e. The molecule has 0 radical (unpaired) electrons. The Balaban J connectivity index is 0.000000774. The van der Waals surface area contributed by atoms with E-state index < -0.39 is 0 Å². The van der Waals surface area contributed by atoms with Crippen molar-refractivity contribution in [3.8, 4) is 11.3 Å². The molecule has 5 nitrogen and oxygen atoms in total. The van der Waals surface area contributed by atoms with Crippen molar-refractivity contribution >= 4 is 17.0 Å². The largest absolute Gasteiger partial charge is 0.372 e. The van der Waals surface area contributed by atoms with Crippen LogP contribution in [0.15, 0.2) is 24.4 Å². The Bertz CT molecular complexity index is 751. The van der Waals surface area contributed by atoms with E-state index in [1.807, 2.05) is 13.8 Å². The number of nitrogens with zero attached hydrogens (tertiary/aromatic N) is 3. The molecule has 2 aromatic heterocycles. The zero-order chi connectivity index (χ0) is 15.4. The van der Waals surface area contributed by atoms with Crippen molar-refractivity contribution < 1.29 is 4.39 Å². The van der Waals surface area contributed by atoms with Gasteiger partial charge in [-0.3, -0.25) is 5.10 Å². The van der Waals surface area contributed by atoms with E-state index in [4.69, 9.17) is 0 Å². The van der Waals surface area contributed by atoms with Crippen LogP contribution in [0.5, 0.6) is 0 Å². The second-order valence-corrected chi connectivity index (χ2v) is 4.21. The highest BCUT2D eigenvalue weighted by molar-refractivity contribution is 5.88. The highest BCUT2D eigenvalue weighted by Crippen LogP contribution is 2.27. The van der Waals surface area contributed by atoms with Crippen molar-refractivity contribution in [3.05, 3.63) is 35.8 Å². The van der Waals surface area contributed by atoms with Crippen molar-refractivity contribution in [2.45, 2.75) is 20.8 Å². The molecule has 2 N–H and O–H groups in total. The van der Waals surface area contributed by atoms with Gasteiger partial charge in [0, 0.05) is 12.6 Å². The molecule has 0 amide bonds. The molecule has 2 heterocycles. The van der Waals surface area contributed by atoms with E-state index in [9.17, 15) is 4.39 Å². The molecule has 0 fully saturated rings. The Kier molecular flexibility index (Phi) is 4.47. The summed E-state index contributed by atoms with van der Waals surface area (Å²) in [6.07, 6.45) is 1.59. The highest BCUT2D eigenvalue weighted by atomic mass is 19.1. The van der Waals surface area contributed by atoms with Gasteiger partial charge < -0.3 is 5.32 Å². The van der Waals surface area contributed by atoms with E-state index in [0.29, 0.717) is 33.8 Å². The summed E-state index contributed by atoms with van der Waals surface area (Å²) in [5, 5.41) is 9.76. The van der Waals surface area contributed by atoms with Crippen LogP contribution in [0.2, 0.25) is 0 Å². The molecule has 3 aromatic rings. The number of halogens is 1. The third-order valence-corrected chi connectivity index (χ3v) is 2.98. The number of fused-ring (bicyclic) bond motifs is 1. The van der Waals surface area contributed by atoms with Crippen molar-refractivity contribution in [2.75, 3.05) is 12.4 Å². The maximum atomic E-state index is 14.1. The molecule has 0 aliphatic rings. The molecular formula is C15H18FN5. The quantitative estimate of drug-likeness (QED) is 0.756. The van der Waals surface area contributed by atoms with Gasteiger partial charge in [-0.25, -0.2) is 14.4 Å². The minimum Gasteiger partial charge on any atom is -0.372 e. The Labute approximate surface area is 122 Å². The fraction of sp³-hybridized carbons (Fsp3) is 0.267. The van der Waals surface area contributed by atoms with E-state index in [0.717, 1.165) is 0 Å². The number of aromatic nitrogens is 4. The first-order chi connectivity index (χ1) is 10.2. The predicted octanol–water partition coefficient (Wildman–Crippen LogP) is 3.54. The first-order valence-electron chi connectivity index (χ1n) is 6.85. The topological polar surface area (TPSA) is 66.5 Å². The Hall–Kier alpha value is -2.50. The average molecular weight is 287 g/mol. The minimum atomic E-state index is -0.271. The number of hydrogen-bond acceptors (Lipinski definition) is 4. The van der Waals surface area contributed by atoms with Crippen molar-refractivity contribution in [2.24, 2.45) is 0 Å². The summed E-state index contributed by atoms with van der Waals surface area (Å²) >= 11 is 0. The number of rotatable bonds is 2. The van der Waals surface area contributed by atoms with Crippen LogP contribution in [-0.4, -0.2) is 27.2 Å².